The van der Waals surface area contributed by atoms with Crippen molar-refractivity contribution in [2.45, 2.75) is 49.6 Å². The molecule has 0 radical (unpaired) electrons. The molecule has 0 aliphatic carbocycles. The first kappa shape index (κ1) is 21.1. The van der Waals surface area contributed by atoms with Gasteiger partial charge in [-0.1, -0.05) is 35.5 Å². The van der Waals surface area contributed by atoms with Crippen LogP contribution in [0.15, 0.2) is 29.4 Å². The van der Waals surface area contributed by atoms with Crippen LogP contribution in [0.3, 0.4) is 0 Å². The maximum Gasteiger partial charge on any atom is 0.223 e. The van der Waals surface area contributed by atoms with Crippen molar-refractivity contribution in [3.05, 3.63) is 40.7 Å². The van der Waals surface area contributed by atoms with Crippen LogP contribution in [0.25, 0.3) is 0 Å². The second-order valence-corrected chi connectivity index (χ2v) is 9.09. The first-order valence-electron chi connectivity index (χ1n) is 9.51. The summed E-state index contributed by atoms with van der Waals surface area (Å²) in [6, 6.07) is 7.82. The molecule has 0 saturated carbocycles. The minimum absolute atomic E-state index is 0.0204. The Morgan fingerprint density at radius 3 is 3.00 bits per heavy atom. The van der Waals surface area contributed by atoms with Crippen LogP contribution in [-0.4, -0.2) is 39.4 Å². The van der Waals surface area contributed by atoms with Gasteiger partial charge in [0.15, 0.2) is 5.16 Å². The summed E-state index contributed by atoms with van der Waals surface area (Å²) in [5.74, 6) is 1.77. The Bertz CT molecular complexity index is 824. The van der Waals surface area contributed by atoms with Gasteiger partial charge in [0.05, 0.1) is 5.60 Å². The number of benzene rings is 1. The van der Waals surface area contributed by atoms with E-state index in [2.05, 4.69) is 15.5 Å². The Balaban J connectivity index is 1.47. The van der Waals surface area contributed by atoms with Crippen LogP contribution < -0.4 is 5.32 Å². The Morgan fingerprint density at radius 2 is 2.25 bits per heavy atom. The Kier molecular flexibility index (Phi) is 7.01. The number of amides is 1. The van der Waals surface area contributed by atoms with Crippen molar-refractivity contribution < 1.29 is 9.53 Å². The van der Waals surface area contributed by atoms with Crippen molar-refractivity contribution >= 4 is 29.3 Å². The average molecular weight is 423 g/mol. The molecular weight excluding hydrogens is 396 g/mol. The van der Waals surface area contributed by atoms with E-state index in [1.165, 1.54) is 0 Å². The summed E-state index contributed by atoms with van der Waals surface area (Å²) in [5.41, 5.74) is 0.924. The van der Waals surface area contributed by atoms with E-state index in [-0.39, 0.29) is 17.4 Å². The van der Waals surface area contributed by atoms with Crippen molar-refractivity contribution in [3.63, 3.8) is 0 Å². The minimum atomic E-state index is -0.223. The molecule has 152 valence electrons. The van der Waals surface area contributed by atoms with Crippen LogP contribution in [0.5, 0.6) is 0 Å². The summed E-state index contributed by atoms with van der Waals surface area (Å²) in [5, 5.41) is 13.2. The highest BCUT2D eigenvalue weighted by molar-refractivity contribution is 7.98. The van der Waals surface area contributed by atoms with Gasteiger partial charge in [0.1, 0.15) is 5.82 Å². The minimum Gasteiger partial charge on any atom is -0.376 e. The molecule has 1 aromatic heterocycles. The number of hydrogen-bond acceptors (Lipinski definition) is 5. The quantitative estimate of drug-likeness (QED) is 0.690. The molecule has 1 aliphatic heterocycles. The topological polar surface area (TPSA) is 69.0 Å². The SMILES string of the molecule is Cn1c(CCNC(=O)C2CCOC(C)(C)C2)nnc1SCc1cccc(Cl)c1. The van der Waals surface area contributed by atoms with Gasteiger partial charge in [0, 0.05) is 43.3 Å². The molecule has 1 unspecified atom stereocenters. The van der Waals surface area contributed by atoms with E-state index in [0.29, 0.717) is 19.6 Å². The molecular formula is C20H27ClN4O2S. The predicted molar refractivity (Wildman–Crippen MR) is 111 cm³/mol. The lowest BCUT2D eigenvalue weighted by Crippen LogP contribution is -2.42. The number of hydrogen-bond donors (Lipinski definition) is 1. The molecule has 2 heterocycles. The van der Waals surface area contributed by atoms with Gasteiger partial charge in [-0.05, 0) is 44.4 Å². The van der Waals surface area contributed by atoms with Crippen molar-refractivity contribution in [1.29, 1.82) is 0 Å². The smallest absolute Gasteiger partial charge is 0.223 e. The van der Waals surface area contributed by atoms with Gasteiger partial charge < -0.3 is 14.6 Å². The molecule has 0 spiro atoms. The maximum atomic E-state index is 12.4. The lowest BCUT2D eigenvalue weighted by Gasteiger charge is -2.34. The largest absolute Gasteiger partial charge is 0.376 e. The number of nitrogens with one attached hydrogen (secondary N) is 1. The Labute approximate surface area is 175 Å². The Hall–Kier alpha value is -1.57. The number of halogens is 1. The predicted octanol–water partition coefficient (Wildman–Crippen LogP) is 3.62. The van der Waals surface area contributed by atoms with E-state index in [0.717, 1.165) is 40.2 Å². The van der Waals surface area contributed by atoms with Crippen LogP contribution in [0.4, 0.5) is 0 Å². The van der Waals surface area contributed by atoms with Crippen LogP contribution in [-0.2, 0) is 28.8 Å². The summed E-state index contributed by atoms with van der Waals surface area (Å²) in [6.07, 6.45) is 2.19. The monoisotopic (exact) mass is 422 g/mol. The highest BCUT2D eigenvalue weighted by Crippen LogP contribution is 2.28. The fourth-order valence-electron chi connectivity index (χ4n) is 3.36. The standard InChI is InChI=1S/C20H27ClN4O2S/c1-20(2)12-15(8-10-27-20)18(26)22-9-7-17-23-24-19(25(17)3)28-13-14-5-4-6-16(21)11-14/h4-6,11,15H,7-10,12-13H2,1-3H3,(H,22,26). The third-order valence-corrected chi connectivity index (χ3v) is 6.22. The highest BCUT2D eigenvalue weighted by Gasteiger charge is 2.32. The number of thioether (sulfide) groups is 1. The molecule has 1 fully saturated rings. The molecule has 1 saturated heterocycles. The van der Waals surface area contributed by atoms with Gasteiger partial charge >= 0.3 is 0 Å². The second kappa shape index (κ2) is 9.29. The molecule has 3 rings (SSSR count). The van der Waals surface area contributed by atoms with Gasteiger partial charge in [0.2, 0.25) is 5.91 Å². The van der Waals surface area contributed by atoms with Crippen LogP contribution in [0.2, 0.25) is 5.02 Å². The summed E-state index contributed by atoms with van der Waals surface area (Å²) in [7, 11) is 1.96. The third kappa shape index (κ3) is 5.72. The number of nitrogens with zero attached hydrogens (tertiary/aromatic N) is 3. The van der Waals surface area contributed by atoms with E-state index < -0.39 is 0 Å². The van der Waals surface area contributed by atoms with Crippen molar-refractivity contribution in [3.8, 4) is 0 Å². The van der Waals surface area contributed by atoms with E-state index in [1.807, 2.05) is 49.7 Å². The molecule has 28 heavy (non-hydrogen) atoms. The zero-order valence-electron chi connectivity index (χ0n) is 16.6. The highest BCUT2D eigenvalue weighted by atomic mass is 35.5. The zero-order chi connectivity index (χ0) is 20.1. The normalized spacial score (nSPS) is 18.8. The van der Waals surface area contributed by atoms with Gasteiger partial charge in [0.25, 0.3) is 0 Å². The van der Waals surface area contributed by atoms with Crippen LogP contribution in [0, 0.1) is 5.92 Å². The molecule has 0 bridgehead atoms. The summed E-state index contributed by atoms with van der Waals surface area (Å²) < 4.78 is 7.67. The Morgan fingerprint density at radius 1 is 1.43 bits per heavy atom. The lowest BCUT2D eigenvalue weighted by atomic mass is 9.88. The fourth-order valence-corrected chi connectivity index (χ4v) is 4.45. The van der Waals surface area contributed by atoms with Crippen LogP contribution in [0.1, 0.15) is 38.1 Å². The van der Waals surface area contributed by atoms with Gasteiger partial charge in [-0.3, -0.25) is 4.79 Å². The second-order valence-electron chi connectivity index (χ2n) is 7.72. The molecule has 1 aliphatic rings. The summed E-state index contributed by atoms with van der Waals surface area (Å²) in [6.45, 7) is 5.27. The number of ether oxygens (including phenoxy) is 1. The van der Waals surface area contributed by atoms with E-state index in [9.17, 15) is 4.79 Å². The van der Waals surface area contributed by atoms with E-state index in [1.54, 1.807) is 11.8 Å². The third-order valence-electron chi connectivity index (χ3n) is 4.90. The summed E-state index contributed by atoms with van der Waals surface area (Å²) >= 11 is 7.65. The zero-order valence-corrected chi connectivity index (χ0v) is 18.1. The molecule has 1 N–H and O–H groups in total. The van der Waals surface area contributed by atoms with Gasteiger partial charge in [-0.15, -0.1) is 10.2 Å². The van der Waals surface area contributed by atoms with Crippen LogP contribution >= 0.6 is 23.4 Å². The van der Waals surface area contributed by atoms with Gasteiger partial charge in [-0.25, -0.2) is 0 Å². The number of carbonyl (C=O) groups is 1. The number of aromatic nitrogens is 3. The molecule has 8 heteroatoms. The first-order valence-corrected chi connectivity index (χ1v) is 10.9. The molecule has 6 nitrogen and oxygen atoms in total. The fraction of sp³-hybridized carbons (Fsp3) is 0.550. The lowest BCUT2D eigenvalue weighted by molar-refractivity contribution is -0.135. The number of rotatable bonds is 7. The van der Waals surface area contributed by atoms with Crippen molar-refractivity contribution in [2.75, 3.05) is 13.2 Å². The first-order chi connectivity index (χ1) is 13.3. The van der Waals surface area contributed by atoms with Crippen molar-refractivity contribution in [1.82, 2.24) is 20.1 Å². The van der Waals surface area contributed by atoms with Crippen molar-refractivity contribution in [2.24, 2.45) is 13.0 Å². The molecule has 2 aromatic rings. The molecule has 1 amide bonds. The molecule has 1 aromatic carbocycles. The average Bonchev–Trinajstić information content (AvgIpc) is 2.99. The summed E-state index contributed by atoms with van der Waals surface area (Å²) in [4.78, 5) is 12.4. The maximum absolute atomic E-state index is 12.4. The molecule has 1 atom stereocenters. The van der Waals surface area contributed by atoms with Gasteiger partial charge in [-0.2, -0.15) is 0 Å². The number of carbonyl (C=O) groups excluding carboxylic acids is 1. The van der Waals surface area contributed by atoms with E-state index in [4.69, 9.17) is 16.3 Å². The van der Waals surface area contributed by atoms with E-state index >= 15 is 0 Å².